The summed E-state index contributed by atoms with van der Waals surface area (Å²) in [5.74, 6) is 0. The van der Waals surface area contributed by atoms with Crippen LogP contribution < -0.4 is 10.6 Å². The number of hydrogen-bond donors (Lipinski definition) is 2. The van der Waals surface area contributed by atoms with E-state index in [1.165, 1.54) is 10.6 Å². The quantitative estimate of drug-likeness (QED) is 0.779. The average Bonchev–Trinajstić information content (AvgIpc) is 2.92. The molecule has 8 heteroatoms. The average molecular weight is 319 g/mol. The monoisotopic (exact) mass is 319 g/mol. The van der Waals surface area contributed by atoms with Crippen LogP contribution in [0.5, 0.6) is 0 Å². The molecule has 0 bridgehead atoms. The Balaban J connectivity index is 1.71. The van der Waals surface area contributed by atoms with Crippen LogP contribution in [-0.4, -0.2) is 62.9 Å². The molecule has 0 spiro atoms. The molecule has 2 aliphatic rings. The predicted molar refractivity (Wildman–Crippen MR) is 79.5 cm³/mol. The van der Waals surface area contributed by atoms with Crippen LogP contribution in [0, 0.1) is 0 Å². The summed E-state index contributed by atoms with van der Waals surface area (Å²) in [5.41, 5.74) is 0. The summed E-state index contributed by atoms with van der Waals surface area (Å²) in [6.07, 6.45) is 4.64. The minimum absolute atomic E-state index is 0.0105. The fourth-order valence-corrected chi connectivity index (χ4v) is 3.73. The molecule has 7 nitrogen and oxygen atoms in total. The first kappa shape index (κ1) is 16.5. The Morgan fingerprint density at radius 2 is 1.95 bits per heavy atom. The molecule has 0 saturated carbocycles. The number of piperidine rings is 1. The van der Waals surface area contributed by atoms with Crippen molar-refractivity contribution < 1.29 is 17.9 Å². The standard InChI is InChI=1S/C13H25N3O4S/c1-10(12-4-3-9-20-12)14-13(17)15-11-5-7-16(8-6-11)21(2,18)19/h10-12H,3-9H2,1-2H3,(H2,14,15,17)/t10-,12+/m0/s1. The number of sulfonamides is 1. The van der Waals surface area contributed by atoms with Crippen LogP contribution in [0.4, 0.5) is 4.79 Å². The third kappa shape index (κ3) is 4.82. The summed E-state index contributed by atoms with van der Waals surface area (Å²) < 4.78 is 29.8. The van der Waals surface area contributed by atoms with E-state index in [1.807, 2.05) is 6.92 Å². The Kier molecular flexibility index (Phi) is 5.45. The molecule has 2 atom stereocenters. The molecule has 2 heterocycles. The Morgan fingerprint density at radius 3 is 2.48 bits per heavy atom. The summed E-state index contributed by atoms with van der Waals surface area (Å²) in [6, 6.07) is -0.181. The predicted octanol–water partition coefficient (Wildman–Crippen LogP) is 0.277. The van der Waals surface area contributed by atoms with Crippen LogP contribution in [-0.2, 0) is 14.8 Å². The number of hydrogen-bond acceptors (Lipinski definition) is 4. The molecule has 2 N–H and O–H groups in total. The summed E-state index contributed by atoms with van der Waals surface area (Å²) in [5, 5.41) is 5.82. The second-order valence-corrected chi connectivity index (χ2v) is 7.88. The number of nitrogens with one attached hydrogen (secondary N) is 2. The molecule has 0 aromatic rings. The highest BCUT2D eigenvalue weighted by Crippen LogP contribution is 2.16. The van der Waals surface area contributed by atoms with Crippen molar-refractivity contribution in [2.45, 2.75) is 50.8 Å². The largest absolute Gasteiger partial charge is 0.376 e. The first-order valence-corrected chi connectivity index (χ1v) is 9.35. The molecule has 122 valence electrons. The van der Waals surface area contributed by atoms with Gasteiger partial charge in [0.05, 0.1) is 18.4 Å². The zero-order valence-corrected chi connectivity index (χ0v) is 13.5. The van der Waals surface area contributed by atoms with Crippen molar-refractivity contribution in [2.75, 3.05) is 26.0 Å². The maximum atomic E-state index is 11.9. The van der Waals surface area contributed by atoms with Crippen LogP contribution >= 0.6 is 0 Å². The van der Waals surface area contributed by atoms with Gasteiger partial charge in [-0.15, -0.1) is 0 Å². The molecule has 2 amide bonds. The number of carbonyl (C=O) groups is 1. The second kappa shape index (κ2) is 6.93. The minimum atomic E-state index is -3.12. The Labute approximate surface area is 126 Å². The van der Waals surface area contributed by atoms with Crippen molar-refractivity contribution in [3.63, 3.8) is 0 Å². The first-order chi connectivity index (χ1) is 9.86. The number of ether oxygens (including phenoxy) is 1. The summed E-state index contributed by atoms with van der Waals surface area (Å²) in [4.78, 5) is 11.9. The van der Waals surface area contributed by atoms with Gasteiger partial charge in [0.1, 0.15) is 0 Å². The Bertz CT molecular complexity index is 454. The summed E-state index contributed by atoms with van der Waals surface area (Å²) in [7, 11) is -3.12. The molecule has 21 heavy (non-hydrogen) atoms. The lowest BCUT2D eigenvalue weighted by Gasteiger charge is -2.31. The van der Waals surface area contributed by atoms with Crippen molar-refractivity contribution in [2.24, 2.45) is 0 Å². The molecule has 2 saturated heterocycles. The van der Waals surface area contributed by atoms with Gasteiger partial charge in [0.2, 0.25) is 10.0 Å². The van der Waals surface area contributed by atoms with Gasteiger partial charge in [0.15, 0.2) is 0 Å². The molecule has 2 fully saturated rings. The minimum Gasteiger partial charge on any atom is -0.376 e. The van der Waals surface area contributed by atoms with Gasteiger partial charge in [-0.1, -0.05) is 0 Å². The fourth-order valence-electron chi connectivity index (χ4n) is 2.86. The lowest BCUT2D eigenvalue weighted by atomic mass is 10.1. The van der Waals surface area contributed by atoms with E-state index in [-0.39, 0.29) is 24.2 Å². The highest BCUT2D eigenvalue weighted by Gasteiger charge is 2.27. The zero-order valence-electron chi connectivity index (χ0n) is 12.7. The molecule has 0 aromatic carbocycles. The van der Waals surface area contributed by atoms with Gasteiger partial charge < -0.3 is 15.4 Å². The lowest BCUT2D eigenvalue weighted by Crippen LogP contribution is -2.52. The third-order valence-electron chi connectivity index (χ3n) is 4.14. The van der Waals surface area contributed by atoms with Crippen LogP contribution in [0.25, 0.3) is 0 Å². The van der Waals surface area contributed by atoms with Crippen LogP contribution in [0.3, 0.4) is 0 Å². The third-order valence-corrected chi connectivity index (χ3v) is 5.44. The van der Waals surface area contributed by atoms with Crippen LogP contribution in [0.2, 0.25) is 0 Å². The Morgan fingerprint density at radius 1 is 1.29 bits per heavy atom. The highest BCUT2D eigenvalue weighted by atomic mass is 32.2. The summed E-state index contributed by atoms with van der Waals surface area (Å²) >= 11 is 0. The van der Waals surface area contributed by atoms with Crippen molar-refractivity contribution in [1.29, 1.82) is 0 Å². The second-order valence-electron chi connectivity index (χ2n) is 5.89. The maximum absolute atomic E-state index is 11.9. The van der Waals surface area contributed by atoms with Gasteiger partial charge in [-0.2, -0.15) is 0 Å². The van der Waals surface area contributed by atoms with Gasteiger partial charge >= 0.3 is 6.03 Å². The molecule has 0 aliphatic carbocycles. The maximum Gasteiger partial charge on any atom is 0.315 e. The van der Waals surface area contributed by atoms with E-state index in [0.717, 1.165) is 19.4 Å². The fraction of sp³-hybridized carbons (Fsp3) is 0.923. The Hall–Kier alpha value is -0.860. The molecular weight excluding hydrogens is 294 g/mol. The van der Waals surface area contributed by atoms with E-state index in [1.54, 1.807) is 0 Å². The molecular formula is C13H25N3O4S. The number of carbonyl (C=O) groups excluding carboxylic acids is 1. The van der Waals surface area contributed by atoms with E-state index >= 15 is 0 Å². The number of nitrogens with zero attached hydrogens (tertiary/aromatic N) is 1. The van der Waals surface area contributed by atoms with Crippen LogP contribution in [0.1, 0.15) is 32.6 Å². The molecule has 2 aliphatic heterocycles. The van der Waals surface area contributed by atoms with Crippen molar-refractivity contribution >= 4 is 16.1 Å². The van der Waals surface area contributed by atoms with E-state index in [2.05, 4.69) is 10.6 Å². The summed E-state index contributed by atoms with van der Waals surface area (Å²) in [6.45, 7) is 3.64. The number of amides is 2. The zero-order chi connectivity index (χ0) is 15.5. The normalized spacial score (nSPS) is 26.5. The lowest BCUT2D eigenvalue weighted by molar-refractivity contribution is 0.0857. The van der Waals surface area contributed by atoms with E-state index < -0.39 is 10.0 Å². The van der Waals surface area contributed by atoms with Gasteiger partial charge in [-0.05, 0) is 32.6 Å². The molecule has 0 unspecified atom stereocenters. The topological polar surface area (TPSA) is 87.7 Å². The van der Waals surface area contributed by atoms with Gasteiger partial charge in [-0.3, -0.25) is 0 Å². The van der Waals surface area contributed by atoms with Gasteiger partial charge in [0, 0.05) is 25.7 Å². The van der Waals surface area contributed by atoms with Crippen molar-refractivity contribution in [3.05, 3.63) is 0 Å². The highest BCUT2D eigenvalue weighted by molar-refractivity contribution is 7.88. The molecule has 0 aromatic heterocycles. The first-order valence-electron chi connectivity index (χ1n) is 7.50. The van der Waals surface area contributed by atoms with E-state index in [0.29, 0.717) is 25.9 Å². The molecule has 0 radical (unpaired) electrons. The van der Waals surface area contributed by atoms with E-state index in [9.17, 15) is 13.2 Å². The number of urea groups is 1. The van der Waals surface area contributed by atoms with Gasteiger partial charge in [0.25, 0.3) is 0 Å². The van der Waals surface area contributed by atoms with Crippen LogP contribution in [0.15, 0.2) is 0 Å². The van der Waals surface area contributed by atoms with Crippen molar-refractivity contribution in [1.82, 2.24) is 14.9 Å². The number of rotatable bonds is 4. The van der Waals surface area contributed by atoms with E-state index in [4.69, 9.17) is 4.74 Å². The van der Waals surface area contributed by atoms with Gasteiger partial charge in [-0.25, -0.2) is 17.5 Å². The SMILES string of the molecule is C[C@H](NC(=O)NC1CCN(S(C)(=O)=O)CC1)[C@H]1CCCO1. The van der Waals surface area contributed by atoms with Crippen molar-refractivity contribution in [3.8, 4) is 0 Å². The molecule has 2 rings (SSSR count). The smallest absolute Gasteiger partial charge is 0.315 e.